The van der Waals surface area contributed by atoms with Crippen molar-refractivity contribution in [3.05, 3.63) is 35.9 Å². The number of hydrogen-bond acceptors (Lipinski definition) is 2. The monoisotopic (exact) mass is 219 g/mol. The summed E-state index contributed by atoms with van der Waals surface area (Å²) < 4.78 is 0. The highest BCUT2D eigenvalue weighted by molar-refractivity contribution is 5.87. The Hall–Kier alpha value is -1.15. The first-order valence-corrected chi connectivity index (χ1v) is 5.68. The molecule has 0 saturated heterocycles. The molecule has 1 atom stereocenters. The zero-order chi connectivity index (χ0) is 12.2. The van der Waals surface area contributed by atoms with Gasteiger partial charge in [0, 0.05) is 0 Å². The Morgan fingerprint density at radius 1 is 1.25 bits per heavy atom. The van der Waals surface area contributed by atoms with Crippen molar-refractivity contribution in [2.24, 2.45) is 0 Å². The standard InChI is InChI=1S/C14H21NO/c1-12(16)14(2,10-11-15(3)4)13-8-6-5-7-9-13/h5-9H,10-11H2,1-4H3/t14-/m0/s1. The largest absolute Gasteiger partial charge is 0.309 e. The average Bonchev–Trinajstić information content (AvgIpc) is 2.26. The van der Waals surface area contributed by atoms with Crippen LogP contribution in [-0.4, -0.2) is 31.3 Å². The molecule has 0 aliphatic heterocycles. The molecule has 0 radical (unpaired) electrons. The van der Waals surface area contributed by atoms with Gasteiger partial charge in [-0.3, -0.25) is 4.79 Å². The second kappa shape index (κ2) is 5.26. The number of hydrogen-bond donors (Lipinski definition) is 0. The second-order valence-electron chi connectivity index (χ2n) is 4.81. The van der Waals surface area contributed by atoms with Crippen LogP contribution in [-0.2, 0) is 10.2 Å². The number of carbonyl (C=O) groups excluding carboxylic acids is 1. The van der Waals surface area contributed by atoms with Crippen molar-refractivity contribution in [3.8, 4) is 0 Å². The Bertz CT molecular complexity index is 345. The minimum absolute atomic E-state index is 0.237. The van der Waals surface area contributed by atoms with Crippen LogP contribution in [0.1, 0.15) is 25.8 Å². The maximum Gasteiger partial charge on any atom is 0.140 e. The summed E-state index contributed by atoms with van der Waals surface area (Å²) in [5.41, 5.74) is 0.760. The van der Waals surface area contributed by atoms with E-state index in [-0.39, 0.29) is 11.2 Å². The summed E-state index contributed by atoms with van der Waals surface area (Å²) in [6.07, 6.45) is 0.860. The van der Waals surface area contributed by atoms with Gasteiger partial charge in [0.2, 0.25) is 0 Å². The lowest BCUT2D eigenvalue weighted by molar-refractivity contribution is -0.122. The molecule has 1 rings (SSSR count). The number of carbonyl (C=O) groups is 1. The van der Waals surface area contributed by atoms with Gasteiger partial charge in [0.25, 0.3) is 0 Å². The van der Waals surface area contributed by atoms with Crippen molar-refractivity contribution >= 4 is 5.78 Å². The third-order valence-corrected chi connectivity index (χ3v) is 3.25. The van der Waals surface area contributed by atoms with Gasteiger partial charge >= 0.3 is 0 Å². The van der Waals surface area contributed by atoms with E-state index in [0.29, 0.717) is 0 Å². The molecule has 0 saturated carbocycles. The second-order valence-corrected chi connectivity index (χ2v) is 4.81. The Morgan fingerprint density at radius 3 is 2.25 bits per heavy atom. The summed E-state index contributed by atoms with van der Waals surface area (Å²) >= 11 is 0. The minimum atomic E-state index is -0.356. The molecule has 0 aromatic heterocycles. The number of benzene rings is 1. The third kappa shape index (κ3) is 2.92. The van der Waals surface area contributed by atoms with Crippen molar-refractivity contribution in [1.82, 2.24) is 4.90 Å². The third-order valence-electron chi connectivity index (χ3n) is 3.25. The van der Waals surface area contributed by atoms with Gasteiger partial charge < -0.3 is 4.90 Å². The predicted molar refractivity (Wildman–Crippen MR) is 67.6 cm³/mol. The SMILES string of the molecule is CC(=O)[C@](C)(CCN(C)C)c1ccccc1. The van der Waals surface area contributed by atoms with Gasteiger partial charge in [-0.1, -0.05) is 30.3 Å². The highest BCUT2D eigenvalue weighted by atomic mass is 16.1. The highest BCUT2D eigenvalue weighted by Gasteiger charge is 2.31. The number of Topliss-reactive ketones (excluding diaryl/α,β-unsaturated/α-hetero) is 1. The summed E-state index contributed by atoms with van der Waals surface area (Å²) in [5, 5.41) is 0. The molecule has 0 amide bonds. The molecule has 1 aromatic carbocycles. The molecule has 1 aromatic rings. The van der Waals surface area contributed by atoms with Crippen molar-refractivity contribution in [2.75, 3.05) is 20.6 Å². The zero-order valence-corrected chi connectivity index (χ0v) is 10.7. The molecule has 0 fully saturated rings. The van der Waals surface area contributed by atoms with Crippen LogP contribution in [0, 0.1) is 0 Å². The van der Waals surface area contributed by atoms with Crippen molar-refractivity contribution in [2.45, 2.75) is 25.7 Å². The fourth-order valence-electron chi connectivity index (χ4n) is 1.78. The molecule has 0 spiro atoms. The van der Waals surface area contributed by atoms with Gasteiger partial charge in [0.15, 0.2) is 0 Å². The lowest BCUT2D eigenvalue weighted by atomic mass is 9.76. The Labute approximate surface area is 98.3 Å². The Balaban J connectivity index is 2.93. The zero-order valence-electron chi connectivity index (χ0n) is 10.7. The van der Waals surface area contributed by atoms with Gasteiger partial charge in [-0.2, -0.15) is 0 Å². The minimum Gasteiger partial charge on any atom is -0.309 e. The first-order chi connectivity index (χ1) is 7.47. The average molecular weight is 219 g/mol. The van der Waals surface area contributed by atoms with Crippen LogP contribution in [0.2, 0.25) is 0 Å². The lowest BCUT2D eigenvalue weighted by Gasteiger charge is -2.28. The fourth-order valence-corrected chi connectivity index (χ4v) is 1.78. The van der Waals surface area contributed by atoms with Gasteiger partial charge in [0.05, 0.1) is 5.41 Å². The quantitative estimate of drug-likeness (QED) is 0.758. The Kier molecular flexibility index (Phi) is 4.25. The van der Waals surface area contributed by atoms with Crippen LogP contribution in [0.3, 0.4) is 0 Å². The van der Waals surface area contributed by atoms with Crippen molar-refractivity contribution < 1.29 is 4.79 Å². The highest BCUT2D eigenvalue weighted by Crippen LogP contribution is 2.28. The number of ketones is 1. The molecule has 0 bridgehead atoms. The molecule has 0 heterocycles. The molecule has 0 N–H and O–H groups in total. The summed E-state index contributed by atoms with van der Waals surface area (Å²) in [6.45, 7) is 4.64. The van der Waals surface area contributed by atoms with Crippen LogP contribution in [0.4, 0.5) is 0 Å². The topological polar surface area (TPSA) is 20.3 Å². The van der Waals surface area contributed by atoms with E-state index in [1.54, 1.807) is 6.92 Å². The van der Waals surface area contributed by atoms with E-state index in [9.17, 15) is 4.79 Å². The first-order valence-electron chi connectivity index (χ1n) is 5.68. The first kappa shape index (κ1) is 12.9. The molecule has 88 valence electrons. The molecule has 0 unspecified atom stereocenters. The molecule has 2 heteroatoms. The van der Waals surface area contributed by atoms with Gasteiger partial charge in [-0.25, -0.2) is 0 Å². The predicted octanol–water partition coefficient (Wildman–Crippen LogP) is 2.49. The van der Waals surface area contributed by atoms with E-state index in [0.717, 1.165) is 18.5 Å². The summed E-state index contributed by atoms with van der Waals surface area (Å²) in [6, 6.07) is 10.0. The molecule has 0 aliphatic rings. The molecule has 16 heavy (non-hydrogen) atoms. The van der Waals surface area contributed by atoms with Gasteiger partial charge in [-0.15, -0.1) is 0 Å². The van der Waals surface area contributed by atoms with E-state index >= 15 is 0 Å². The van der Waals surface area contributed by atoms with Crippen LogP contribution < -0.4 is 0 Å². The number of nitrogens with zero attached hydrogens (tertiary/aromatic N) is 1. The number of rotatable bonds is 5. The van der Waals surface area contributed by atoms with Crippen LogP contribution >= 0.6 is 0 Å². The maximum atomic E-state index is 11.9. The summed E-state index contributed by atoms with van der Waals surface area (Å²) in [4.78, 5) is 14.0. The molecular formula is C14H21NO. The molecule has 0 aliphatic carbocycles. The normalized spacial score (nSPS) is 14.8. The molecular weight excluding hydrogens is 198 g/mol. The van der Waals surface area contributed by atoms with Crippen LogP contribution in [0.15, 0.2) is 30.3 Å². The van der Waals surface area contributed by atoms with Gasteiger partial charge in [-0.05, 0) is 46.5 Å². The van der Waals surface area contributed by atoms with E-state index in [4.69, 9.17) is 0 Å². The van der Waals surface area contributed by atoms with Crippen LogP contribution in [0.5, 0.6) is 0 Å². The van der Waals surface area contributed by atoms with E-state index < -0.39 is 0 Å². The van der Waals surface area contributed by atoms with E-state index in [2.05, 4.69) is 4.90 Å². The fraction of sp³-hybridized carbons (Fsp3) is 0.500. The van der Waals surface area contributed by atoms with Crippen molar-refractivity contribution in [1.29, 1.82) is 0 Å². The van der Waals surface area contributed by atoms with E-state index in [1.165, 1.54) is 0 Å². The maximum absolute atomic E-state index is 11.9. The summed E-state index contributed by atoms with van der Waals surface area (Å²) in [7, 11) is 4.07. The Morgan fingerprint density at radius 2 is 1.81 bits per heavy atom. The smallest absolute Gasteiger partial charge is 0.140 e. The lowest BCUT2D eigenvalue weighted by Crippen LogP contribution is -2.34. The van der Waals surface area contributed by atoms with Gasteiger partial charge in [0.1, 0.15) is 5.78 Å². The van der Waals surface area contributed by atoms with E-state index in [1.807, 2.05) is 51.4 Å². The summed E-state index contributed by atoms with van der Waals surface area (Å²) in [5.74, 6) is 0.237. The van der Waals surface area contributed by atoms with Crippen molar-refractivity contribution in [3.63, 3.8) is 0 Å². The van der Waals surface area contributed by atoms with Crippen LogP contribution in [0.25, 0.3) is 0 Å². The molecule has 2 nitrogen and oxygen atoms in total.